The normalized spacial score (nSPS) is 15.9. The molecule has 0 bridgehead atoms. The number of nitrogens with one attached hydrogen (secondary N) is 1. The summed E-state index contributed by atoms with van der Waals surface area (Å²) in [5.74, 6) is 1.23. The van der Waals surface area contributed by atoms with E-state index in [4.69, 9.17) is 21.3 Å². The quantitative estimate of drug-likeness (QED) is 0.353. The van der Waals surface area contributed by atoms with E-state index in [1.807, 2.05) is 43.3 Å². The molecule has 178 valence electrons. The topological polar surface area (TPSA) is 50.7 Å². The highest BCUT2D eigenvalue weighted by molar-refractivity contribution is 7.16. The van der Waals surface area contributed by atoms with E-state index in [0.717, 1.165) is 41.1 Å². The summed E-state index contributed by atoms with van der Waals surface area (Å²) in [5.41, 5.74) is 3.61. The molecule has 1 heterocycles. The van der Waals surface area contributed by atoms with Crippen LogP contribution >= 0.6 is 22.9 Å². The Morgan fingerprint density at radius 1 is 1.24 bits per heavy atom. The lowest BCUT2D eigenvalue weighted by Crippen LogP contribution is -2.27. The number of para-hydroxylation sites is 1. The molecule has 1 amide bonds. The summed E-state index contributed by atoms with van der Waals surface area (Å²) in [7, 11) is 0. The highest BCUT2D eigenvalue weighted by atomic mass is 35.5. The number of rotatable bonds is 6. The number of fused-ring (bicyclic) bond motifs is 1. The van der Waals surface area contributed by atoms with Crippen LogP contribution in [0.2, 0.25) is 5.02 Å². The first kappa shape index (κ1) is 24.5. The zero-order chi connectivity index (χ0) is 24.3. The van der Waals surface area contributed by atoms with Gasteiger partial charge in [-0.25, -0.2) is 4.99 Å². The molecule has 6 heteroatoms. The molecule has 0 fully saturated rings. The fraction of sp³-hybridized carbons (Fsp3) is 0.357. The first-order chi connectivity index (χ1) is 16.3. The van der Waals surface area contributed by atoms with Crippen LogP contribution in [0.25, 0.3) is 0 Å². The molecule has 34 heavy (non-hydrogen) atoms. The summed E-state index contributed by atoms with van der Waals surface area (Å²) in [6.07, 6.45) is 4.74. The molecule has 4 rings (SSSR count). The first-order valence-electron chi connectivity index (χ1n) is 11.7. The van der Waals surface area contributed by atoms with Gasteiger partial charge in [0, 0.05) is 27.4 Å². The lowest BCUT2D eigenvalue weighted by Gasteiger charge is -2.33. The van der Waals surface area contributed by atoms with Gasteiger partial charge < -0.3 is 10.1 Å². The van der Waals surface area contributed by atoms with E-state index in [1.54, 1.807) is 29.7 Å². The van der Waals surface area contributed by atoms with Crippen LogP contribution in [0.15, 0.2) is 53.5 Å². The number of benzene rings is 2. The molecule has 0 aliphatic heterocycles. The van der Waals surface area contributed by atoms with Crippen molar-refractivity contribution in [2.45, 2.75) is 47.0 Å². The van der Waals surface area contributed by atoms with Gasteiger partial charge in [0.25, 0.3) is 5.91 Å². The van der Waals surface area contributed by atoms with E-state index in [9.17, 15) is 4.79 Å². The SMILES string of the molecule is CCOc1ccccc1C=Nc1sc2c(c1C(=O)Nc1cccc(Cl)c1)CC[C@H](C(C)(C)C)C2. The number of nitrogens with zero attached hydrogens (tertiary/aromatic N) is 1. The maximum atomic E-state index is 13.5. The van der Waals surface area contributed by atoms with E-state index in [-0.39, 0.29) is 11.3 Å². The zero-order valence-corrected chi connectivity index (χ0v) is 21.7. The highest BCUT2D eigenvalue weighted by Gasteiger charge is 2.33. The Bertz CT molecular complexity index is 1210. The smallest absolute Gasteiger partial charge is 0.259 e. The zero-order valence-electron chi connectivity index (χ0n) is 20.2. The fourth-order valence-electron chi connectivity index (χ4n) is 4.40. The Hall–Kier alpha value is -2.63. The van der Waals surface area contributed by atoms with Crippen LogP contribution in [0.1, 0.15) is 60.5 Å². The van der Waals surface area contributed by atoms with Crippen molar-refractivity contribution < 1.29 is 9.53 Å². The minimum Gasteiger partial charge on any atom is -0.493 e. The van der Waals surface area contributed by atoms with Crippen LogP contribution in [0.4, 0.5) is 10.7 Å². The molecule has 1 aromatic heterocycles. The first-order valence-corrected chi connectivity index (χ1v) is 12.9. The van der Waals surface area contributed by atoms with E-state index >= 15 is 0 Å². The minimum atomic E-state index is -0.140. The predicted octanol–water partition coefficient (Wildman–Crippen LogP) is 7.95. The number of carbonyl (C=O) groups excluding carboxylic acids is 1. The second kappa shape index (κ2) is 10.3. The second-order valence-electron chi connectivity index (χ2n) is 9.68. The van der Waals surface area contributed by atoms with E-state index < -0.39 is 0 Å². The summed E-state index contributed by atoms with van der Waals surface area (Å²) in [5, 5.41) is 4.36. The van der Waals surface area contributed by atoms with E-state index in [2.05, 4.69) is 26.1 Å². The van der Waals surface area contributed by atoms with Gasteiger partial charge in [-0.2, -0.15) is 0 Å². The van der Waals surface area contributed by atoms with Crippen molar-refractivity contribution in [3.8, 4) is 5.75 Å². The molecular formula is C28H31ClN2O2S. The Labute approximate surface area is 211 Å². The highest BCUT2D eigenvalue weighted by Crippen LogP contribution is 2.45. The van der Waals surface area contributed by atoms with E-state index in [1.165, 1.54) is 4.88 Å². The molecular weight excluding hydrogens is 464 g/mol. The van der Waals surface area contributed by atoms with Gasteiger partial charge in [0.15, 0.2) is 0 Å². The molecule has 1 N–H and O–H groups in total. The van der Waals surface area contributed by atoms with Gasteiger partial charge in [-0.3, -0.25) is 4.79 Å². The Kier molecular flexibility index (Phi) is 7.44. The summed E-state index contributed by atoms with van der Waals surface area (Å²) in [6, 6.07) is 15.1. The van der Waals surface area contributed by atoms with Crippen LogP contribution in [0, 0.1) is 11.3 Å². The largest absolute Gasteiger partial charge is 0.493 e. The lowest BCUT2D eigenvalue weighted by molar-refractivity contribution is 0.102. The maximum Gasteiger partial charge on any atom is 0.259 e. The molecule has 4 nitrogen and oxygen atoms in total. The molecule has 2 aromatic carbocycles. The minimum absolute atomic E-state index is 0.140. The number of carbonyl (C=O) groups is 1. The van der Waals surface area contributed by atoms with E-state index in [0.29, 0.717) is 28.8 Å². The predicted molar refractivity (Wildman–Crippen MR) is 144 cm³/mol. The van der Waals surface area contributed by atoms with Gasteiger partial charge in [-0.15, -0.1) is 11.3 Å². The monoisotopic (exact) mass is 494 g/mol. The fourth-order valence-corrected chi connectivity index (χ4v) is 5.86. The third-order valence-corrected chi connectivity index (χ3v) is 7.72. The summed E-state index contributed by atoms with van der Waals surface area (Å²) in [6.45, 7) is 9.44. The number of aliphatic imine (C=N–C) groups is 1. The van der Waals surface area contributed by atoms with Crippen molar-refractivity contribution in [2.75, 3.05) is 11.9 Å². The molecule has 1 aliphatic rings. The average molecular weight is 495 g/mol. The Morgan fingerprint density at radius 3 is 2.76 bits per heavy atom. The molecule has 3 aromatic rings. The third-order valence-electron chi connectivity index (χ3n) is 6.32. The number of anilines is 1. The molecule has 0 saturated carbocycles. The maximum absolute atomic E-state index is 13.5. The molecule has 0 unspecified atom stereocenters. The standard InChI is InChI=1S/C28H31ClN2O2S/c1-5-33-23-12-7-6-9-18(23)17-30-27-25(26(32)31-21-11-8-10-20(29)16-21)22-14-13-19(28(2,3)4)15-24(22)34-27/h6-12,16-17,19H,5,13-15H2,1-4H3,(H,31,32)/t19-/m0/s1. The summed E-state index contributed by atoms with van der Waals surface area (Å²) < 4.78 is 5.75. The van der Waals surface area contributed by atoms with Gasteiger partial charge in [0.1, 0.15) is 10.8 Å². The number of hydrogen-bond acceptors (Lipinski definition) is 4. The van der Waals surface area contributed by atoms with Crippen LogP contribution in [-0.4, -0.2) is 18.7 Å². The number of hydrogen-bond donors (Lipinski definition) is 1. The second-order valence-corrected chi connectivity index (χ2v) is 11.2. The van der Waals surface area contributed by atoms with Gasteiger partial charge >= 0.3 is 0 Å². The van der Waals surface area contributed by atoms with Crippen molar-refractivity contribution in [3.05, 3.63) is 75.1 Å². The van der Waals surface area contributed by atoms with Gasteiger partial charge in [-0.05, 0) is 73.4 Å². The molecule has 0 spiro atoms. The summed E-state index contributed by atoms with van der Waals surface area (Å²) >= 11 is 7.77. The van der Waals surface area contributed by atoms with Crippen LogP contribution in [0.5, 0.6) is 5.75 Å². The van der Waals surface area contributed by atoms with Gasteiger partial charge in [0.05, 0.1) is 12.2 Å². The van der Waals surface area contributed by atoms with Crippen molar-refractivity contribution in [1.29, 1.82) is 0 Å². The summed E-state index contributed by atoms with van der Waals surface area (Å²) in [4.78, 5) is 19.6. The number of ether oxygens (including phenoxy) is 1. The Balaban J connectivity index is 1.72. The van der Waals surface area contributed by atoms with Crippen molar-refractivity contribution in [3.63, 3.8) is 0 Å². The van der Waals surface area contributed by atoms with Crippen LogP contribution < -0.4 is 10.1 Å². The van der Waals surface area contributed by atoms with Gasteiger partial charge in [0.2, 0.25) is 0 Å². The molecule has 0 saturated heterocycles. The molecule has 1 aliphatic carbocycles. The third kappa shape index (κ3) is 5.53. The van der Waals surface area contributed by atoms with Crippen molar-refractivity contribution >= 4 is 45.7 Å². The van der Waals surface area contributed by atoms with Crippen molar-refractivity contribution in [1.82, 2.24) is 0 Å². The lowest BCUT2D eigenvalue weighted by atomic mass is 9.72. The van der Waals surface area contributed by atoms with Crippen molar-refractivity contribution in [2.24, 2.45) is 16.3 Å². The van der Waals surface area contributed by atoms with Crippen LogP contribution in [-0.2, 0) is 12.8 Å². The molecule has 0 radical (unpaired) electrons. The number of thiophene rings is 1. The number of amides is 1. The van der Waals surface area contributed by atoms with Gasteiger partial charge in [-0.1, -0.05) is 50.6 Å². The molecule has 1 atom stereocenters. The average Bonchev–Trinajstić information content (AvgIpc) is 3.16. The number of halogens is 1. The van der Waals surface area contributed by atoms with Crippen LogP contribution in [0.3, 0.4) is 0 Å². The Morgan fingerprint density at radius 2 is 2.03 bits per heavy atom.